The van der Waals surface area contributed by atoms with Crippen molar-refractivity contribution >= 4 is 29.3 Å². The predicted octanol–water partition coefficient (Wildman–Crippen LogP) is 1.75. The molecule has 4 N–H and O–H groups in total. The summed E-state index contributed by atoms with van der Waals surface area (Å²) >= 11 is 5.90. The van der Waals surface area contributed by atoms with Crippen molar-refractivity contribution in [2.45, 2.75) is 31.3 Å². The number of hydrogen-bond donors (Lipinski definition) is 3. The molecule has 1 aliphatic rings. The zero-order chi connectivity index (χ0) is 22.2. The molecule has 1 aliphatic heterocycles. The smallest absolute Gasteiger partial charge is 0.251 e. The summed E-state index contributed by atoms with van der Waals surface area (Å²) < 4.78 is 0. The number of nitrogens with zero attached hydrogens (tertiary/aromatic N) is 1. The maximum atomic E-state index is 13.1. The highest BCUT2D eigenvalue weighted by molar-refractivity contribution is 6.30. The number of carbonyl (C=O) groups is 3. The Hall–Kier alpha value is -2.90. The molecule has 164 valence electrons. The fraction of sp³-hybridized carbons (Fsp3) is 0.348. The maximum absolute atomic E-state index is 13.1. The van der Waals surface area contributed by atoms with E-state index < -0.39 is 6.04 Å². The average molecular weight is 443 g/mol. The van der Waals surface area contributed by atoms with Gasteiger partial charge in [0.15, 0.2) is 0 Å². The average Bonchev–Trinajstić information content (AvgIpc) is 2.75. The Balaban J connectivity index is 1.64. The van der Waals surface area contributed by atoms with Crippen molar-refractivity contribution in [1.82, 2.24) is 15.5 Å². The first-order valence-electron chi connectivity index (χ1n) is 10.3. The van der Waals surface area contributed by atoms with Crippen LogP contribution in [0.15, 0.2) is 54.6 Å². The lowest BCUT2D eigenvalue weighted by atomic mass is 10.0. The van der Waals surface area contributed by atoms with Crippen molar-refractivity contribution in [3.63, 3.8) is 0 Å². The second-order valence-corrected chi connectivity index (χ2v) is 8.18. The number of carbonyl (C=O) groups excluding carboxylic acids is 3. The van der Waals surface area contributed by atoms with Crippen molar-refractivity contribution in [2.75, 3.05) is 19.6 Å². The molecule has 0 radical (unpaired) electrons. The summed E-state index contributed by atoms with van der Waals surface area (Å²) in [6.45, 7) is 1.61. The van der Waals surface area contributed by atoms with Crippen molar-refractivity contribution < 1.29 is 14.4 Å². The molecule has 1 fully saturated rings. The van der Waals surface area contributed by atoms with Crippen LogP contribution in [0, 0.1) is 0 Å². The number of nitrogens with two attached hydrogens (primary N) is 1. The summed E-state index contributed by atoms with van der Waals surface area (Å²) in [5.41, 5.74) is 6.65. The maximum Gasteiger partial charge on any atom is 0.251 e. The Bertz CT molecular complexity index is 897. The van der Waals surface area contributed by atoms with Gasteiger partial charge in [-0.3, -0.25) is 19.3 Å². The van der Waals surface area contributed by atoms with Crippen LogP contribution in [0.3, 0.4) is 0 Å². The summed E-state index contributed by atoms with van der Waals surface area (Å²) in [6, 6.07) is 15.4. The molecule has 0 saturated carbocycles. The van der Waals surface area contributed by atoms with Crippen LogP contribution in [0.2, 0.25) is 5.02 Å². The molecule has 7 nitrogen and oxygen atoms in total. The number of hydrogen-bond acceptors (Lipinski definition) is 4. The Morgan fingerprint density at radius 1 is 1.03 bits per heavy atom. The van der Waals surface area contributed by atoms with Gasteiger partial charge >= 0.3 is 0 Å². The van der Waals surface area contributed by atoms with E-state index in [1.807, 2.05) is 35.2 Å². The zero-order valence-electron chi connectivity index (χ0n) is 17.2. The zero-order valence-corrected chi connectivity index (χ0v) is 18.0. The second kappa shape index (κ2) is 10.9. The van der Waals surface area contributed by atoms with Crippen LogP contribution in [-0.4, -0.2) is 54.3 Å². The minimum absolute atomic E-state index is 0.0117. The van der Waals surface area contributed by atoms with Crippen molar-refractivity contribution in [1.29, 1.82) is 0 Å². The fourth-order valence-corrected chi connectivity index (χ4v) is 3.79. The number of amides is 3. The van der Waals surface area contributed by atoms with Gasteiger partial charge in [0.2, 0.25) is 11.8 Å². The minimum Gasteiger partial charge on any atom is -0.369 e. The number of rotatable bonds is 8. The van der Waals surface area contributed by atoms with Gasteiger partial charge in [-0.05, 0) is 42.7 Å². The van der Waals surface area contributed by atoms with Gasteiger partial charge in [0.05, 0.1) is 6.54 Å². The first-order chi connectivity index (χ1) is 14.9. The van der Waals surface area contributed by atoms with Gasteiger partial charge in [0.25, 0.3) is 5.91 Å². The lowest BCUT2D eigenvalue weighted by molar-refractivity contribution is -0.124. The number of primary amides is 1. The number of halogens is 1. The molecule has 0 spiro atoms. The summed E-state index contributed by atoms with van der Waals surface area (Å²) in [4.78, 5) is 38.8. The SMILES string of the molecule is NC(=O)CN1CCC(NC(=O)C(Cc2ccccc2)NC(=O)c2ccc(Cl)cc2)CC1. The van der Waals surface area contributed by atoms with Crippen LogP contribution in [-0.2, 0) is 16.0 Å². The van der Waals surface area contributed by atoms with Crippen LogP contribution in [0.4, 0.5) is 0 Å². The molecule has 2 aromatic carbocycles. The van der Waals surface area contributed by atoms with Gasteiger partial charge in [-0.25, -0.2) is 0 Å². The molecular formula is C23H27ClN4O3. The number of piperidine rings is 1. The van der Waals surface area contributed by atoms with Gasteiger partial charge < -0.3 is 16.4 Å². The van der Waals surface area contributed by atoms with Crippen LogP contribution in [0.25, 0.3) is 0 Å². The summed E-state index contributed by atoms with van der Waals surface area (Å²) in [7, 11) is 0. The van der Waals surface area contributed by atoms with E-state index in [1.165, 1.54) is 0 Å². The number of benzene rings is 2. The Labute approximate surface area is 186 Å². The Morgan fingerprint density at radius 2 is 1.68 bits per heavy atom. The predicted molar refractivity (Wildman–Crippen MR) is 120 cm³/mol. The molecule has 1 heterocycles. The second-order valence-electron chi connectivity index (χ2n) is 7.75. The van der Waals surface area contributed by atoms with Gasteiger partial charge in [-0.1, -0.05) is 41.9 Å². The van der Waals surface area contributed by atoms with Gasteiger partial charge in [-0.15, -0.1) is 0 Å². The van der Waals surface area contributed by atoms with E-state index in [9.17, 15) is 14.4 Å². The highest BCUT2D eigenvalue weighted by Crippen LogP contribution is 2.13. The third-order valence-corrected chi connectivity index (χ3v) is 5.58. The van der Waals surface area contributed by atoms with Gasteiger partial charge in [0.1, 0.15) is 6.04 Å². The molecular weight excluding hydrogens is 416 g/mol. The topological polar surface area (TPSA) is 105 Å². The fourth-order valence-electron chi connectivity index (χ4n) is 3.66. The standard InChI is InChI=1S/C23H27ClN4O3/c24-18-8-6-17(7-9-18)22(30)27-20(14-16-4-2-1-3-5-16)23(31)26-19-10-12-28(13-11-19)15-21(25)29/h1-9,19-20H,10-15H2,(H2,25,29)(H,26,31)(H,27,30). The van der Waals surface area contributed by atoms with E-state index in [2.05, 4.69) is 10.6 Å². The van der Waals surface area contributed by atoms with Crippen LogP contribution in [0.1, 0.15) is 28.8 Å². The third-order valence-electron chi connectivity index (χ3n) is 5.32. The quantitative estimate of drug-likeness (QED) is 0.579. The van der Waals surface area contributed by atoms with Crippen molar-refractivity contribution in [2.24, 2.45) is 5.73 Å². The molecule has 1 atom stereocenters. The molecule has 2 aromatic rings. The molecule has 3 amide bonds. The molecule has 1 unspecified atom stereocenters. The highest BCUT2D eigenvalue weighted by atomic mass is 35.5. The molecule has 31 heavy (non-hydrogen) atoms. The normalized spacial score (nSPS) is 15.8. The van der Waals surface area contributed by atoms with Crippen LogP contribution in [0.5, 0.6) is 0 Å². The molecule has 1 saturated heterocycles. The first kappa shape index (κ1) is 22.8. The molecule has 3 rings (SSSR count). The van der Waals surface area contributed by atoms with E-state index >= 15 is 0 Å². The van der Waals surface area contributed by atoms with E-state index in [1.54, 1.807) is 24.3 Å². The molecule has 0 aliphatic carbocycles. The first-order valence-corrected chi connectivity index (χ1v) is 10.7. The largest absolute Gasteiger partial charge is 0.369 e. The van der Waals surface area contributed by atoms with Crippen molar-refractivity contribution in [3.8, 4) is 0 Å². The lowest BCUT2D eigenvalue weighted by Gasteiger charge is -2.32. The number of likely N-dealkylation sites (tertiary alicyclic amines) is 1. The Morgan fingerprint density at radius 3 is 2.29 bits per heavy atom. The van der Waals surface area contributed by atoms with Crippen LogP contribution < -0.4 is 16.4 Å². The molecule has 0 bridgehead atoms. The van der Waals surface area contributed by atoms with Crippen molar-refractivity contribution in [3.05, 3.63) is 70.7 Å². The van der Waals surface area contributed by atoms with E-state index in [4.69, 9.17) is 17.3 Å². The van der Waals surface area contributed by atoms with E-state index in [0.717, 1.165) is 18.4 Å². The highest BCUT2D eigenvalue weighted by Gasteiger charge is 2.26. The molecule has 8 heteroatoms. The number of nitrogens with one attached hydrogen (secondary N) is 2. The van der Waals surface area contributed by atoms with E-state index in [0.29, 0.717) is 30.1 Å². The lowest BCUT2D eigenvalue weighted by Crippen LogP contribution is -2.53. The summed E-state index contributed by atoms with van der Waals surface area (Å²) in [5, 5.41) is 6.46. The monoisotopic (exact) mass is 442 g/mol. The summed E-state index contributed by atoms with van der Waals surface area (Å²) in [5.74, 6) is -0.904. The van der Waals surface area contributed by atoms with E-state index in [-0.39, 0.29) is 30.3 Å². The van der Waals surface area contributed by atoms with Gasteiger partial charge in [0, 0.05) is 36.1 Å². The summed E-state index contributed by atoms with van der Waals surface area (Å²) in [6.07, 6.45) is 1.83. The van der Waals surface area contributed by atoms with Gasteiger partial charge in [-0.2, -0.15) is 0 Å². The minimum atomic E-state index is -0.714. The molecule has 0 aromatic heterocycles. The third kappa shape index (κ3) is 7.08. The van der Waals surface area contributed by atoms with Crippen LogP contribution >= 0.6 is 11.6 Å². The Kier molecular flexibility index (Phi) is 8.03.